The molecule has 0 bridgehead atoms. The topological polar surface area (TPSA) is 254 Å². The van der Waals surface area contributed by atoms with Gasteiger partial charge in [0.1, 0.15) is 29.6 Å². The molecule has 4 unspecified atom stereocenters. The largest absolute Gasteiger partial charge is 0.508 e. The molecule has 4 amide bonds. The minimum absolute atomic E-state index is 0.0227. The number of nitrogens with one attached hydrogen (secondary N) is 3. The predicted molar refractivity (Wildman–Crippen MR) is 136 cm³/mol. The Kier molecular flexibility index (Phi) is 11.2. The molecule has 0 spiro atoms. The van der Waals surface area contributed by atoms with Gasteiger partial charge < -0.3 is 47.8 Å². The third-order valence-corrected chi connectivity index (χ3v) is 5.57. The first-order valence-electron chi connectivity index (χ1n) is 11.7. The summed E-state index contributed by atoms with van der Waals surface area (Å²) >= 11 is 0. The van der Waals surface area contributed by atoms with Crippen LogP contribution in [0.1, 0.15) is 17.5 Å². The summed E-state index contributed by atoms with van der Waals surface area (Å²) in [5.74, 6) is -5.22. The number of hydrogen-bond donors (Lipinski definition) is 9. The molecule has 2 rings (SSSR count). The number of phenolic OH excluding ortho intramolecular Hbond substituents is 2. The summed E-state index contributed by atoms with van der Waals surface area (Å²) in [4.78, 5) is 61.5. The lowest BCUT2D eigenvalue weighted by Crippen LogP contribution is -2.58. The first kappa shape index (κ1) is 30.5. The van der Waals surface area contributed by atoms with E-state index in [2.05, 4.69) is 16.0 Å². The second kappa shape index (κ2) is 14.3. The zero-order valence-electron chi connectivity index (χ0n) is 20.7. The maximum absolute atomic E-state index is 13.1. The van der Waals surface area contributed by atoms with Crippen LogP contribution in [0.4, 0.5) is 0 Å². The molecule has 2 aromatic rings. The van der Waals surface area contributed by atoms with E-state index in [4.69, 9.17) is 16.6 Å². The summed E-state index contributed by atoms with van der Waals surface area (Å²) in [5, 5.41) is 44.1. The maximum atomic E-state index is 13.1. The number of aliphatic hydroxyl groups excluding tert-OH is 1. The lowest BCUT2D eigenvalue weighted by Gasteiger charge is -2.24. The number of aliphatic carboxylic acids is 1. The number of primary amides is 1. The number of aliphatic hydroxyl groups is 1. The Balaban J connectivity index is 2.20. The zero-order valence-corrected chi connectivity index (χ0v) is 20.7. The molecule has 0 aromatic heterocycles. The van der Waals surface area contributed by atoms with Gasteiger partial charge in [-0.3, -0.25) is 19.2 Å². The van der Waals surface area contributed by atoms with E-state index < -0.39 is 66.8 Å². The molecule has 0 saturated heterocycles. The Morgan fingerprint density at radius 2 is 1.13 bits per heavy atom. The molecule has 0 fully saturated rings. The average molecular weight is 546 g/mol. The van der Waals surface area contributed by atoms with Crippen LogP contribution in [0.3, 0.4) is 0 Å². The summed E-state index contributed by atoms with van der Waals surface area (Å²) in [6, 6.07) is 5.81. The average Bonchev–Trinajstić information content (AvgIpc) is 2.88. The number of hydrogen-bond acceptors (Lipinski definition) is 9. The van der Waals surface area contributed by atoms with Crippen LogP contribution in [-0.2, 0) is 36.8 Å². The Morgan fingerprint density at radius 3 is 1.59 bits per heavy atom. The molecule has 14 nitrogen and oxygen atoms in total. The summed E-state index contributed by atoms with van der Waals surface area (Å²) in [6.07, 6.45) is -0.765. The summed E-state index contributed by atoms with van der Waals surface area (Å²) < 4.78 is 0. The number of amides is 4. The predicted octanol–water partition coefficient (Wildman–Crippen LogP) is -2.38. The molecule has 0 aliphatic rings. The second-order valence-electron chi connectivity index (χ2n) is 8.72. The molecule has 210 valence electrons. The van der Waals surface area contributed by atoms with Crippen LogP contribution in [0.5, 0.6) is 11.5 Å². The van der Waals surface area contributed by atoms with Crippen LogP contribution in [-0.4, -0.2) is 80.8 Å². The van der Waals surface area contributed by atoms with Gasteiger partial charge in [0.25, 0.3) is 0 Å². The van der Waals surface area contributed by atoms with E-state index in [-0.39, 0.29) is 24.3 Å². The van der Waals surface area contributed by atoms with Crippen molar-refractivity contribution in [2.75, 3.05) is 6.61 Å². The Hall–Kier alpha value is -4.69. The molecule has 0 saturated carbocycles. The van der Waals surface area contributed by atoms with Crippen LogP contribution in [0.25, 0.3) is 0 Å². The molecule has 14 heteroatoms. The minimum atomic E-state index is -1.66. The van der Waals surface area contributed by atoms with Crippen molar-refractivity contribution in [1.29, 1.82) is 0 Å². The van der Waals surface area contributed by atoms with Crippen molar-refractivity contribution < 1.29 is 44.4 Å². The van der Waals surface area contributed by atoms with Crippen LogP contribution < -0.4 is 27.4 Å². The number of carbonyl (C=O) groups is 5. The van der Waals surface area contributed by atoms with E-state index in [1.165, 1.54) is 36.4 Å². The van der Waals surface area contributed by atoms with Crippen molar-refractivity contribution in [2.45, 2.75) is 43.4 Å². The number of carboxylic acids is 1. The maximum Gasteiger partial charge on any atom is 0.328 e. The van der Waals surface area contributed by atoms with Gasteiger partial charge in [0.15, 0.2) is 0 Å². The van der Waals surface area contributed by atoms with Crippen molar-refractivity contribution in [3.8, 4) is 11.5 Å². The molecule has 4 atom stereocenters. The number of carbonyl (C=O) groups excluding carboxylic acids is 4. The van der Waals surface area contributed by atoms with Gasteiger partial charge in [-0.2, -0.15) is 0 Å². The van der Waals surface area contributed by atoms with Gasteiger partial charge in [0.05, 0.1) is 19.1 Å². The first-order valence-corrected chi connectivity index (χ1v) is 11.7. The van der Waals surface area contributed by atoms with Gasteiger partial charge in [0, 0.05) is 6.42 Å². The molecule has 11 N–H and O–H groups in total. The highest BCUT2D eigenvalue weighted by molar-refractivity contribution is 5.96. The van der Waals surface area contributed by atoms with E-state index in [9.17, 15) is 39.3 Å². The second-order valence-corrected chi connectivity index (χ2v) is 8.72. The monoisotopic (exact) mass is 545 g/mol. The molecule has 0 aliphatic carbocycles. The molecule has 0 radical (unpaired) electrons. The third-order valence-electron chi connectivity index (χ3n) is 5.57. The van der Waals surface area contributed by atoms with Crippen molar-refractivity contribution in [3.63, 3.8) is 0 Å². The number of aromatic hydroxyl groups is 2. The number of benzene rings is 2. The lowest BCUT2D eigenvalue weighted by molar-refractivity contribution is -0.143. The van der Waals surface area contributed by atoms with Gasteiger partial charge in [-0.15, -0.1) is 0 Å². The Labute approximate surface area is 223 Å². The normalized spacial score (nSPS) is 13.8. The standard InChI is InChI=1S/C25H31N5O9/c26-17(9-13-1-5-15(32)6-2-13)22(35)28-19(11-21(27)34)24(37)29-18(10-14-3-7-16(33)8-4-14)23(36)30-20(12-31)25(38)39/h1-8,17-20,31-33H,9-12,26H2,(H2,27,34)(H,28,35)(H,29,37)(H,30,36)(H,38,39). The third kappa shape index (κ3) is 9.94. The SMILES string of the molecule is NC(=O)CC(NC(=O)C(N)Cc1ccc(O)cc1)C(=O)NC(Cc1ccc(O)cc1)C(=O)NC(CO)C(=O)O. The van der Waals surface area contributed by atoms with Crippen molar-refractivity contribution in [2.24, 2.45) is 11.5 Å². The van der Waals surface area contributed by atoms with Crippen LogP contribution in [0, 0.1) is 0 Å². The van der Waals surface area contributed by atoms with E-state index in [0.29, 0.717) is 11.1 Å². The molecule has 0 aliphatic heterocycles. The zero-order chi connectivity index (χ0) is 29.1. The van der Waals surface area contributed by atoms with Crippen molar-refractivity contribution in [3.05, 3.63) is 59.7 Å². The summed E-state index contributed by atoms with van der Waals surface area (Å²) in [6.45, 7) is -0.916. The van der Waals surface area contributed by atoms with Crippen LogP contribution in [0.15, 0.2) is 48.5 Å². The van der Waals surface area contributed by atoms with Crippen LogP contribution >= 0.6 is 0 Å². The minimum Gasteiger partial charge on any atom is -0.508 e. The van der Waals surface area contributed by atoms with Crippen molar-refractivity contribution >= 4 is 29.6 Å². The first-order chi connectivity index (χ1) is 18.4. The van der Waals surface area contributed by atoms with Gasteiger partial charge in [-0.25, -0.2) is 4.79 Å². The number of nitrogens with two attached hydrogens (primary N) is 2. The summed E-state index contributed by atoms with van der Waals surface area (Å²) in [5.41, 5.74) is 12.3. The quantitative estimate of drug-likeness (QED) is 0.122. The highest BCUT2D eigenvalue weighted by atomic mass is 16.4. The molecule has 0 heterocycles. The summed E-state index contributed by atoms with van der Waals surface area (Å²) in [7, 11) is 0. The van der Waals surface area contributed by atoms with Crippen molar-refractivity contribution in [1.82, 2.24) is 16.0 Å². The number of phenols is 2. The van der Waals surface area contributed by atoms with E-state index in [1.807, 2.05) is 0 Å². The van der Waals surface area contributed by atoms with Gasteiger partial charge >= 0.3 is 5.97 Å². The Morgan fingerprint density at radius 1 is 0.692 bits per heavy atom. The highest BCUT2D eigenvalue weighted by Gasteiger charge is 2.31. The fourth-order valence-electron chi connectivity index (χ4n) is 3.47. The van der Waals surface area contributed by atoms with Gasteiger partial charge in [-0.05, 0) is 41.8 Å². The molecular weight excluding hydrogens is 514 g/mol. The fourth-order valence-corrected chi connectivity index (χ4v) is 3.47. The van der Waals surface area contributed by atoms with Crippen LogP contribution in [0.2, 0.25) is 0 Å². The van der Waals surface area contributed by atoms with E-state index >= 15 is 0 Å². The van der Waals surface area contributed by atoms with Gasteiger partial charge in [0.2, 0.25) is 23.6 Å². The lowest BCUT2D eigenvalue weighted by atomic mass is 10.0. The van der Waals surface area contributed by atoms with E-state index in [1.54, 1.807) is 12.1 Å². The number of rotatable bonds is 14. The molecule has 2 aromatic carbocycles. The highest BCUT2D eigenvalue weighted by Crippen LogP contribution is 2.13. The molecule has 39 heavy (non-hydrogen) atoms. The Bertz CT molecular complexity index is 1170. The fraction of sp³-hybridized carbons (Fsp3) is 0.320. The van der Waals surface area contributed by atoms with E-state index in [0.717, 1.165) is 0 Å². The molecular formula is C25H31N5O9. The number of carboxylic acid groups (broad SMARTS) is 1. The van der Waals surface area contributed by atoms with Gasteiger partial charge in [-0.1, -0.05) is 24.3 Å². The smallest absolute Gasteiger partial charge is 0.328 e.